The van der Waals surface area contributed by atoms with E-state index in [0.29, 0.717) is 29.0 Å². The number of anilines is 2. The summed E-state index contributed by atoms with van der Waals surface area (Å²) in [5.41, 5.74) is 10.8. The molecule has 4 saturated heterocycles. The van der Waals surface area contributed by atoms with Crippen molar-refractivity contribution in [2.45, 2.75) is 56.3 Å². The zero-order valence-corrected chi connectivity index (χ0v) is 31.8. The van der Waals surface area contributed by atoms with Crippen LogP contribution in [0.5, 0.6) is 11.5 Å². The highest BCUT2D eigenvalue weighted by Crippen LogP contribution is 2.55. The lowest BCUT2D eigenvalue weighted by molar-refractivity contribution is -0.136. The molecule has 4 amide bonds. The number of aromatic nitrogens is 4. The summed E-state index contributed by atoms with van der Waals surface area (Å²) in [7, 11) is 0. The van der Waals surface area contributed by atoms with E-state index in [2.05, 4.69) is 34.7 Å². The van der Waals surface area contributed by atoms with Gasteiger partial charge in [0.15, 0.2) is 5.65 Å². The Labute approximate surface area is 333 Å². The van der Waals surface area contributed by atoms with Crippen LogP contribution < -0.4 is 20.7 Å². The molecule has 11 rings (SSSR count). The van der Waals surface area contributed by atoms with Crippen molar-refractivity contribution < 1.29 is 23.9 Å². The molecule has 1 saturated carbocycles. The maximum atomic E-state index is 13.3. The number of benzene rings is 3. The second kappa shape index (κ2) is 13.2. The van der Waals surface area contributed by atoms with Crippen molar-refractivity contribution in [1.29, 1.82) is 0 Å². The van der Waals surface area contributed by atoms with Gasteiger partial charge in [-0.05, 0) is 92.2 Å². The molecule has 7 heterocycles. The smallest absolute Gasteiger partial charge is 0.262 e. The normalized spacial score (nSPS) is 25.2. The first-order chi connectivity index (χ1) is 28.2. The van der Waals surface area contributed by atoms with Gasteiger partial charge in [0.1, 0.15) is 35.4 Å². The summed E-state index contributed by atoms with van der Waals surface area (Å²) in [5, 5.41) is 8.17. The van der Waals surface area contributed by atoms with Crippen LogP contribution in [-0.4, -0.2) is 115 Å². The molecule has 3 N–H and O–H groups in total. The summed E-state index contributed by atoms with van der Waals surface area (Å²) < 4.78 is 8.10. The molecule has 15 heteroatoms. The molecule has 1 unspecified atom stereocenters. The van der Waals surface area contributed by atoms with Crippen LogP contribution in [0.15, 0.2) is 79.1 Å². The van der Waals surface area contributed by atoms with Crippen LogP contribution in [0.3, 0.4) is 0 Å². The van der Waals surface area contributed by atoms with Crippen molar-refractivity contribution in [3.8, 4) is 22.8 Å². The first kappa shape index (κ1) is 35.0. The molecular weight excluding hydrogens is 737 g/mol. The van der Waals surface area contributed by atoms with Gasteiger partial charge in [-0.25, -0.2) is 14.6 Å². The fourth-order valence-electron chi connectivity index (χ4n) is 10.1. The van der Waals surface area contributed by atoms with E-state index < -0.39 is 23.8 Å². The van der Waals surface area contributed by atoms with Gasteiger partial charge in [-0.2, -0.15) is 5.10 Å². The monoisotopic (exact) mass is 778 g/mol. The van der Waals surface area contributed by atoms with Gasteiger partial charge in [0.2, 0.25) is 11.8 Å². The number of para-hydroxylation sites is 1. The minimum atomic E-state index is -0.964. The van der Waals surface area contributed by atoms with Crippen molar-refractivity contribution in [3.63, 3.8) is 0 Å². The predicted octanol–water partition coefficient (Wildman–Crippen LogP) is 3.87. The number of imide groups is 2. The maximum absolute atomic E-state index is 13.3. The zero-order chi connectivity index (χ0) is 39.3. The van der Waals surface area contributed by atoms with Crippen LogP contribution in [0.2, 0.25) is 0 Å². The van der Waals surface area contributed by atoms with Gasteiger partial charge < -0.3 is 15.4 Å². The Morgan fingerprint density at radius 1 is 0.793 bits per heavy atom. The number of hydrogen-bond donors (Lipinski definition) is 2. The average molecular weight is 779 g/mol. The van der Waals surface area contributed by atoms with E-state index in [1.807, 2.05) is 60.7 Å². The number of rotatable bonds is 8. The van der Waals surface area contributed by atoms with Crippen molar-refractivity contribution in [3.05, 3.63) is 90.3 Å². The Morgan fingerprint density at radius 2 is 1.53 bits per heavy atom. The molecule has 15 nitrogen and oxygen atoms in total. The molecule has 0 radical (unpaired) electrons. The molecule has 2 aromatic heterocycles. The summed E-state index contributed by atoms with van der Waals surface area (Å²) >= 11 is 0. The highest BCUT2D eigenvalue weighted by atomic mass is 16.5. The fourth-order valence-corrected chi connectivity index (χ4v) is 10.1. The summed E-state index contributed by atoms with van der Waals surface area (Å²) in [6, 6.07) is 23.3. The number of nitrogens with one attached hydrogen (secondary N) is 1. The van der Waals surface area contributed by atoms with E-state index in [4.69, 9.17) is 15.6 Å². The number of nitrogens with zero attached hydrogens (tertiary/aromatic N) is 8. The van der Waals surface area contributed by atoms with Crippen LogP contribution in [0.25, 0.3) is 22.3 Å². The first-order valence-corrected chi connectivity index (χ1v) is 20.1. The summed E-state index contributed by atoms with van der Waals surface area (Å²) in [4.78, 5) is 68.0. The first-order valence-electron chi connectivity index (χ1n) is 20.1. The molecule has 3 aromatic carbocycles. The van der Waals surface area contributed by atoms with Crippen molar-refractivity contribution in [2.24, 2.45) is 5.41 Å². The molecule has 5 aliphatic heterocycles. The minimum absolute atomic E-state index is 0.0990. The fraction of sp³-hybridized carbons (Fsp3) is 0.372. The molecule has 1 spiro atoms. The van der Waals surface area contributed by atoms with E-state index in [-0.39, 0.29) is 30.2 Å². The summed E-state index contributed by atoms with van der Waals surface area (Å²) in [5.74, 6) is 0.0180. The maximum Gasteiger partial charge on any atom is 0.262 e. The molecule has 58 heavy (non-hydrogen) atoms. The van der Waals surface area contributed by atoms with Crippen LogP contribution in [-0.2, 0) is 9.59 Å². The van der Waals surface area contributed by atoms with Gasteiger partial charge in [-0.15, -0.1) is 0 Å². The lowest BCUT2D eigenvalue weighted by Gasteiger charge is -2.55. The lowest BCUT2D eigenvalue weighted by Crippen LogP contribution is -2.69. The molecule has 6 aliphatic rings. The number of nitrogen functional groups attached to an aromatic ring is 1. The van der Waals surface area contributed by atoms with Crippen LogP contribution in [0.1, 0.15) is 58.9 Å². The highest BCUT2D eigenvalue weighted by Gasteiger charge is 2.53. The van der Waals surface area contributed by atoms with Gasteiger partial charge in [0.05, 0.1) is 22.6 Å². The Hall–Kier alpha value is -6.19. The third-order valence-electron chi connectivity index (χ3n) is 13.3. The van der Waals surface area contributed by atoms with Crippen molar-refractivity contribution >= 4 is 46.2 Å². The van der Waals surface area contributed by atoms with Crippen LogP contribution >= 0.6 is 0 Å². The highest BCUT2D eigenvalue weighted by molar-refractivity contribution is 6.23. The predicted molar refractivity (Wildman–Crippen MR) is 213 cm³/mol. The topological polar surface area (TPSA) is 172 Å². The number of nitrogens with two attached hydrogens (primary N) is 1. The SMILES string of the molecule is Nc1ncnc2c1c(-c1ccc(Oc3ccccc3)cc1)nn2C1CC2(CCN(C3CN(C4CN(c5ccc6c(c5)C(=O)N(C5CCC(=O)NC5=O)C6=O)C4)C3)C2)C1. The number of piperidine rings is 1. The third kappa shape index (κ3) is 5.66. The van der Waals surface area contributed by atoms with Crippen LogP contribution in [0, 0.1) is 5.41 Å². The summed E-state index contributed by atoms with van der Waals surface area (Å²) in [6.45, 7) is 6.02. The number of likely N-dealkylation sites (tertiary alicyclic amines) is 2. The van der Waals surface area contributed by atoms with E-state index in [1.54, 1.807) is 12.1 Å². The van der Waals surface area contributed by atoms with Gasteiger partial charge in [0, 0.05) is 62.5 Å². The number of fused-ring (bicyclic) bond motifs is 2. The molecule has 294 valence electrons. The van der Waals surface area contributed by atoms with Gasteiger partial charge >= 0.3 is 0 Å². The second-order valence-electron chi connectivity index (χ2n) is 16.8. The van der Waals surface area contributed by atoms with Gasteiger partial charge in [-0.1, -0.05) is 18.2 Å². The van der Waals surface area contributed by atoms with E-state index in [9.17, 15) is 19.2 Å². The quantitative estimate of drug-likeness (QED) is 0.218. The van der Waals surface area contributed by atoms with Crippen molar-refractivity contribution in [2.75, 3.05) is 49.9 Å². The largest absolute Gasteiger partial charge is 0.457 e. The van der Waals surface area contributed by atoms with Crippen molar-refractivity contribution in [1.82, 2.24) is 39.8 Å². The molecule has 5 fully saturated rings. The lowest BCUT2D eigenvalue weighted by atomic mass is 9.65. The van der Waals surface area contributed by atoms with E-state index >= 15 is 0 Å². The average Bonchev–Trinajstić information content (AvgIpc) is 3.86. The summed E-state index contributed by atoms with van der Waals surface area (Å²) in [6.07, 6.45) is 5.07. The Kier molecular flexibility index (Phi) is 7.95. The minimum Gasteiger partial charge on any atom is -0.457 e. The molecule has 5 aromatic rings. The number of carbonyl (C=O) groups excluding carboxylic acids is 4. The van der Waals surface area contributed by atoms with E-state index in [1.165, 1.54) is 12.7 Å². The van der Waals surface area contributed by atoms with E-state index in [0.717, 1.165) is 96.5 Å². The van der Waals surface area contributed by atoms with Gasteiger partial charge in [-0.3, -0.25) is 39.2 Å². The second-order valence-corrected chi connectivity index (χ2v) is 16.8. The third-order valence-corrected chi connectivity index (χ3v) is 13.3. The Bertz CT molecular complexity index is 2510. The Balaban J connectivity index is 0.691. The number of ether oxygens (including phenoxy) is 1. The number of hydrogen-bond acceptors (Lipinski definition) is 12. The molecule has 0 bridgehead atoms. The molecule has 1 atom stereocenters. The number of carbonyl (C=O) groups is 4. The molecular formula is C43H42N10O5. The van der Waals surface area contributed by atoms with Gasteiger partial charge in [0.25, 0.3) is 11.8 Å². The zero-order valence-electron chi connectivity index (χ0n) is 31.8. The van der Waals surface area contributed by atoms with Crippen LogP contribution in [0.4, 0.5) is 11.5 Å². The standard InChI is InChI=1S/C43H42N10O5/c44-38-36-37(25-6-9-31(10-7-25)58-30-4-2-1-3-5-30)48-53(39(36)46-24-45-38)27-17-43(18-27)14-15-49(23-43)28-19-51(20-28)29-21-50(22-29)26-8-11-32-33(16-26)42(57)52(41(32)56)34-12-13-35(54)47-40(34)55/h1-11,16,24,27-29,34H,12-15,17-23H2,(H2,44,45,46)(H,47,54,55). The Morgan fingerprint density at radius 3 is 2.31 bits per heavy atom. The number of amides is 4. The molecule has 1 aliphatic carbocycles.